The Labute approximate surface area is 106 Å². The molecule has 0 radical (unpaired) electrons. The van der Waals surface area contributed by atoms with E-state index in [1.54, 1.807) is 31.2 Å². The number of likely N-dealkylation sites (N-methyl/N-ethyl adjacent to an activating group) is 1. The van der Waals surface area contributed by atoms with Crippen LogP contribution in [0.2, 0.25) is 0 Å². The normalized spacial score (nSPS) is 10.5. The average Bonchev–Trinajstić information content (AvgIpc) is 2.33. The second-order valence-corrected chi connectivity index (χ2v) is 3.82. The summed E-state index contributed by atoms with van der Waals surface area (Å²) in [6.45, 7) is 2.15. The van der Waals surface area contributed by atoms with E-state index in [4.69, 9.17) is 11.5 Å². The van der Waals surface area contributed by atoms with Gasteiger partial charge in [-0.15, -0.1) is 0 Å². The Hall–Kier alpha value is -2.30. The van der Waals surface area contributed by atoms with Gasteiger partial charge in [-0.2, -0.15) is 0 Å². The van der Waals surface area contributed by atoms with Crippen LogP contribution in [-0.2, 0) is 9.59 Å². The van der Waals surface area contributed by atoms with E-state index in [2.05, 4.69) is 0 Å². The van der Waals surface area contributed by atoms with Crippen molar-refractivity contribution >= 4 is 23.6 Å². The smallest absolute Gasteiger partial charge is 0.247 e. The summed E-state index contributed by atoms with van der Waals surface area (Å²) in [5.74, 6) is -0.777. The van der Waals surface area contributed by atoms with E-state index in [0.717, 1.165) is 5.56 Å². The molecule has 0 aromatic heterocycles. The first kappa shape index (κ1) is 13.8. The Bertz CT molecular complexity index is 469. The minimum atomic E-state index is -0.525. The van der Waals surface area contributed by atoms with Gasteiger partial charge in [-0.1, -0.05) is 12.1 Å². The molecule has 96 valence electrons. The van der Waals surface area contributed by atoms with Crippen LogP contribution in [0.3, 0.4) is 0 Å². The highest BCUT2D eigenvalue weighted by Crippen LogP contribution is 2.08. The van der Waals surface area contributed by atoms with Gasteiger partial charge in [-0.05, 0) is 30.7 Å². The van der Waals surface area contributed by atoms with Gasteiger partial charge < -0.3 is 16.4 Å². The van der Waals surface area contributed by atoms with Crippen molar-refractivity contribution in [2.75, 3.05) is 18.8 Å². The van der Waals surface area contributed by atoms with Crippen molar-refractivity contribution in [2.45, 2.75) is 6.92 Å². The lowest BCUT2D eigenvalue weighted by Crippen LogP contribution is -2.37. The first-order valence-electron chi connectivity index (χ1n) is 5.63. The van der Waals surface area contributed by atoms with E-state index in [1.165, 1.54) is 11.0 Å². The molecule has 0 bridgehead atoms. The molecule has 1 aromatic carbocycles. The Morgan fingerprint density at radius 3 is 2.67 bits per heavy atom. The highest BCUT2D eigenvalue weighted by Gasteiger charge is 2.10. The molecule has 0 saturated heterocycles. The number of hydrogen-bond donors (Lipinski definition) is 2. The predicted octanol–water partition coefficient (Wildman–Crippen LogP) is 0.616. The van der Waals surface area contributed by atoms with Crippen LogP contribution in [-0.4, -0.2) is 29.8 Å². The van der Waals surface area contributed by atoms with Crippen molar-refractivity contribution in [3.8, 4) is 0 Å². The van der Waals surface area contributed by atoms with E-state index in [-0.39, 0.29) is 12.5 Å². The van der Waals surface area contributed by atoms with Crippen LogP contribution in [0, 0.1) is 0 Å². The first-order chi connectivity index (χ1) is 8.52. The third-order valence-electron chi connectivity index (χ3n) is 2.37. The Kier molecular flexibility index (Phi) is 4.92. The predicted molar refractivity (Wildman–Crippen MR) is 71.3 cm³/mol. The second kappa shape index (κ2) is 6.44. The average molecular weight is 247 g/mol. The summed E-state index contributed by atoms with van der Waals surface area (Å²) in [7, 11) is 0. The van der Waals surface area contributed by atoms with Crippen LogP contribution in [0.1, 0.15) is 12.5 Å². The number of carbonyl (C=O) groups is 2. The fourth-order valence-corrected chi connectivity index (χ4v) is 1.47. The molecular formula is C13H17N3O2. The monoisotopic (exact) mass is 247 g/mol. The van der Waals surface area contributed by atoms with E-state index >= 15 is 0 Å². The number of nitrogen functional groups attached to an aromatic ring is 1. The lowest BCUT2D eigenvalue weighted by molar-refractivity contribution is -0.130. The van der Waals surface area contributed by atoms with Gasteiger partial charge in [0.05, 0.1) is 6.54 Å². The molecule has 0 aliphatic heterocycles. The molecule has 18 heavy (non-hydrogen) atoms. The number of nitrogens with two attached hydrogens (primary N) is 2. The molecule has 1 rings (SSSR count). The van der Waals surface area contributed by atoms with Crippen molar-refractivity contribution in [3.05, 3.63) is 35.9 Å². The zero-order valence-corrected chi connectivity index (χ0v) is 10.3. The van der Waals surface area contributed by atoms with E-state index in [9.17, 15) is 9.59 Å². The van der Waals surface area contributed by atoms with Crippen LogP contribution in [0.4, 0.5) is 5.69 Å². The summed E-state index contributed by atoms with van der Waals surface area (Å²) in [4.78, 5) is 23.9. The molecule has 0 spiro atoms. The summed E-state index contributed by atoms with van der Waals surface area (Å²) in [5.41, 5.74) is 12.2. The van der Waals surface area contributed by atoms with Crippen molar-refractivity contribution in [3.63, 3.8) is 0 Å². The van der Waals surface area contributed by atoms with Gasteiger partial charge in [0.15, 0.2) is 0 Å². The Balaban J connectivity index is 2.71. The number of anilines is 1. The number of carbonyl (C=O) groups excluding carboxylic acids is 2. The molecule has 0 unspecified atom stereocenters. The number of rotatable bonds is 5. The number of primary amides is 1. The fraction of sp³-hybridized carbons (Fsp3) is 0.231. The largest absolute Gasteiger partial charge is 0.399 e. The minimum Gasteiger partial charge on any atom is -0.399 e. The molecule has 4 N–H and O–H groups in total. The lowest BCUT2D eigenvalue weighted by atomic mass is 10.2. The number of nitrogens with zero attached hydrogens (tertiary/aromatic N) is 1. The molecule has 0 saturated carbocycles. The van der Waals surface area contributed by atoms with Gasteiger partial charge in [-0.3, -0.25) is 9.59 Å². The third kappa shape index (κ3) is 4.29. The number of benzene rings is 1. The third-order valence-corrected chi connectivity index (χ3v) is 2.37. The molecular weight excluding hydrogens is 230 g/mol. The fourth-order valence-electron chi connectivity index (χ4n) is 1.47. The van der Waals surface area contributed by atoms with E-state index in [1.807, 2.05) is 6.07 Å². The molecule has 0 heterocycles. The Morgan fingerprint density at radius 1 is 1.39 bits per heavy atom. The lowest BCUT2D eigenvalue weighted by Gasteiger charge is -2.16. The van der Waals surface area contributed by atoms with Crippen molar-refractivity contribution in [2.24, 2.45) is 5.73 Å². The van der Waals surface area contributed by atoms with Crippen LogP contribution in [0.15, 0.2) is 30.3 Å². The van der Waals surface area contributed by atoms with Crippen LogP contribution < -0.4 is 11.5 Å². The summed E-state index contributed by atoms with van der Waals surface area (Å²) < 4.78 is 0. The van der Waals surface area contributed by atoms with Crippen LogP contribution in [0.5, 0.6) is 0 Å². The van der Waals surface area contributed by atoms with Gasteiger partial charge in [-0.25, -0.2) is 0 Å². The van der Waals surface area contributed by atoms with Crippen molar-refractivity contribution in [1.29, 1.82) is 0 Å². The van der Waals surface area contributed by atoms with Gasteiger partial charge >= 0.3 is 0 Å². The molecule has 0 atom stereocenters. The molecule has 0 fully saturated rings. The maximum Gasteiger partial charge on any atom is 0.247 e. The molecule has 5 nitrogen and oxygen atoms in total. The quantitative estimate of drug-likeness (QED) is 0.590. The van der Waals surface area contributed by atoms with Gasteiger partial charge in [0.2, 0.25) is 11.8 Å². The SMILES string of the molecule is CCN(CC(N)=O)C(=O)/C=C/c1cccc(N)c1. The summed E-state index contributed by atoms with van der Waals surface area (Å²) in [6, 6.07) is 7.17. The Morgan fingerprint density at radius 2 is 2.11 bits per heavy atom. The maximum absolute atomic E-state index is 11.8. The van der Waals surface area contributed by atoms with Crippen molar-refractivity contribution in [1.82, 2.24) is 4.90 Å². The second-order valence-electron chi connectivity index (χ2n) is 3.82. The first-order valence-corrected chi connectivity index (χ1v) is 5.63. The summed E-state index contributed by atoms with van der Waals surface area (Å²) >= 11 is 0. The standard InChI is InChI=1S/C13H17N3O2/c1-2-16(9-12(15)17)13(18)7-6-10-4-3-5-11(14)8-10/h3-8H,2,9,14H2,1H3,(H2,15,17)/b7-6+. The van der Waals surface area contributed by atoms with Crippen molar-refractivity contribution < 1.29 is 9.59 Å². The van der Waals surface area contributed by atoms with Gasteiger partial charge in [0, 0.05) is 18.3 Å². The molecule has 2 amide bonds. The zero-order chi connectivity index (χ0) is 13.5. The highest BCUT2D eigenvalue weighted by atomic mass is 16.2. The van der Waals surface area contributed by atoms with Gasteiger partial charge in [0.1, 0.15) is 0 Å². The van der Waals surface area contributed by atoms with E-state index < -0.39 is 5.91 Å². The van der Waals surface area contributed by atoms with Gasteiger partial charge in [0.25, 0.3) is 0 Å². The number of hydrogen-bond acceptors (Lipinski definition) is 3. The van der Waals surface area contributed by atoms with E-state index in [0.29, 0.717) is 12.2 Å². The molecule has 0 aliphatic rings. The molecule has 1 aromatic rings. The minimum absolute atomic E-state index is 0.0728. The van der Waals surface area contributed by atoms with Crippen LogP contribution in [0.25, 0.3) is 6.08 Å². The highest BCUT2D eigenvalue weighted by molar-refractivity contribution is 5.94. The maximum atomic E-state index is 11.8. The summed E-state index contributed by atoms with van der Waals surface area (Å²) in [5, 5.41) is 0. The molecule has 0 aliphatic carbocycles. The topological polar surface area (TPSA) is 89.4 Å². The molecule has 5 heteroatoms. The summed E-state index contributed by atoms with van der Waals surface area (Å²) in [6.07, 6.45) is 3.06. The zero-order valence-electron chi connectivity index (χ0n) is 10.3. The number of amides is 2. The van der Waals surface area contributed by atoms with Crippen LogP contribution >= 0.6 is 0 Å².